The van der Waals surface area contributed by atoms with Crippen LogP contribution in [0.4, 0.5) is 0 Å². The zero-order valence-corrected chi connectivity index (χ0v) is 14.9. The lowest BCUT2D eigenvalue weighted by atomic mass is 10.2. The summed E-state index contributed by atoms with van der Waals surface area (Å²) in [5, 5.41) is 0. The van der Waals surface area contributed by atoms with E-state index in [-0.39, 0.29) is 17.5 Å². The Morgan fingerprint density at radius 2 is 1.91 bits per heavy atom. The number of ether oxygens (including phenoxy) is 2. The molecule has 5 nitrogen and oxygen atoms in total. The number of hydrogen-bond donors (Lipinski definition) is 0. The van der Waals surface area contributed by atoms with E-state index in [0.29, 0.717) is 18.1 Å². The summed E-state index contributed by atoms with van der Waals surface area (Å²) in [6.07, 6.45) is -0.350. The zero-order chi connectivity index (χ0) is 16.4. The Balaban J connectivity index is 1.73. The number of fused-ring (bicyclic) bond motifs is 1. The molecule has 1 aliphatic rings. The molecule has 0 bridgehead atoms. The molecule has 0 aromatic heterocycles. The van der Waals surface area contributed by atoms with Gasteiger partial charge in [0.15, 0.2) is 11.5 Å². The van der Waals surface area contributed by atoms with Gasteiger partial charge in [-0.25, -0.2) is 8.42 Å². The molecule has 2 aromatic carbocycles. The highest BCUT2D eigenvalue weighted by Gasteiger charge is 2.28. The van der Waals surface area contributed by atoms with Crippen molar-refractivity contribution in [2.24, 2.45) is 0 Å². The number of halogens is 1. The van der Waals surface area contributed by atoms with Crippen molar-refractivity contribution < 1.29 is 17.9 Å². The van der Waals surface area contributed by atoms with Crippen LogP contribution in [-0.2, 0) is 10.0 Å². The van der Waals surface area contributed by atoms with E-state index in [1.807, 2.05) is 24.3 Å². The third-order valence-corrected chi connectivity index (χ3v) is 5.85. The van der Waals surface area contributed by atoms with Crippen LogP contribution in [0.25, 0.3) is 0 Å². The molecule has 1 heterocycles. The second-order valence-electron chi connectivity index (χ2n) is 5.24. The van der Waals surface area contributed by atoms with Crippen molar-refractivity contribution in [2.45, 2.75) is 11.0 Å². The highest BCUT2D eigenvalue weighted by atomic mass is 79.9. The number of para-hydroxylation sites is 2. The maximum atomic E-state index is 12.6. The lowest BCUT2D eigenvalue weighted by molar-refractivity contribution is 0.0798. The van der Waals surface area contributed by atoms with Gasteiger partial charge in [0.05, 0.1) is 11.4 Å². The first kappa shape index (κ1) is 16.3. The lowest BCUT2D eigenvalue weighted by Crippen LogP contribution is -2.41. The molecule has 23 heavy (non-hydrogen) atoms. The summed E-state index contributed by atoms with van der Waals surface area (Å²) in [6, 6.07) is 14.0. The standard InChI is InChI=1S/C16H16BrNO4S/c1-18(23(19,20)14-6-4-5-12(17)9-14)10-13-11-21-15-7-2-3-8-16(15)22-13/h2-9,13H,10-11H2,1H3. The number of nitrogens with zero attached hydrogens (tertiary/aromatic N) is 1. The van der Waals surface area contributed by atoms with Crippen molar-refractivity contribution >= 4 is 26.0 Å². The van der Waals surface area contributed by atoms with E-state index in [4.69, 9.17) is 9.47 Å². The Hall–Kier alpha value is -1.57. The van der Waals surface area contributed by atoms with Gasteiger partial charge in [-0.15, -0.1) is 0 Å². The van der Waals surface area contributed by atoms with Gasteiger partial charge in [-0.2, -0.15) is 4.31 Å². The van der Waals surface area contributed by atoms with E-state index in [0.717, 1.165) is 4.47 Å². The van der Waals surface area contributed by atoms with Crippen LogP contribution in [0.1, 0.15) is 0 Å². The SMILES string of the molecule is CN(CC1COc2ccccc2O1)S(=O)(=O)c1cccc(Br)c1. The van der Waals surface area contributed by atoms with Crippen LogP contribution in [0.5, 0.6) is 11.5 Å². The van der Waals surface area contributed by atoms with E-state index in [9.17, 15) is 8.42 Å². The number of sulfonamides is 1. The minimum absolute atomic E-state index is 0.211. The predicted octanol–water partition coefficient (Wildman–Crippen LogP) is 2.91. The van der Waals surface area contributed by atoms with Gasteiger partial charge in [-0.3, -0.25) is 0 Å². The molecule has 0 spiro atoms. The first-order chi connectivity index (χ1) is 11.0. The second kappa shape index (κ2) is 6.51. The molecule has 0 aliphatic carbocycles. The van der Waals surface area contributed by atoms with Crippen LogP contribution in [-0.4, -0.2) is 39.0 Å². The third kappa shape index (κ3) is 3.52. The summed E-state index contributed by atoms with van der Waals surface area (Å²) >= 11 is 3.29. The van der Waals surface area contributed by atoms with E-state index in [1.54, 1.807) is 31.3 Å². The molecule has 3 rings (SSSR count). The van der Waals surface area contributed by atoms with Crippen LogP contribution in [0.3, 0.4) is 0 Å². The average Bonchev–Trinajstić information content (AvgIpc) is 2.54. The fraction of sp³-hybridized carbons (Fsp3) is 0.250. The molecule has 0 radical (unpaired) electrons. The van der Waals surface area contributed by atoms with Gasteiger partial charge in [0, 0.05) is 11.5 Å². The summed E-state index contributed by atoms with van der Waals surface area (Å²) in [5.74, 6) is 1.32. The number of hydrogen-bond acceptors (Lipinski definition) is 4. The molecule has 7 heteroatoms. The fourth-order valence-corrected chi connectivity index (χ4v) is 4.14. The summed E-state index contributed by atoms with van der Waals surface area (Å²) in [6.45, 7) is 0.526. The van der Waals surface area contributed by atoms with Gasteiger partial charge in [0.2, 0.25) is 10.0 Å². The molecule has 1 atom stereocenters. The zero-order valence-electron chi connectivity index (χ0n) is 12.5. The van der Waals surface area contributed by atoms with E-state index >= 15 is 0 Å². The van der Waals surface area contributed by atoms with Crippen LogP contribution in [0.15, 0.2) is 57.9 Å². The van der Waals surface area contributed by atoms with Gasteiger partial charge in [-0.05, 0) is 30.3 Å². The second-order valence-corrected chi connectivity index (χ2v) is 8.20. The molecule has 0 saturated carbocycles. The van der Waals surface area contributed by atoms with E-state index in [2.05, 4.69) is 15.9 Å². The van der Waals surface area contributed by atoms with Gasteiger partial charge >= 0.3 is 0 Å². The molecule has 2 aromatic rings. The van der Waals surface area contributed by atoms with Crippen molar-refractivity contribution in [3.05, 3.63) is 53.0 Å². The fourth-order valence-electron chi connectivity index (χ4n) is 2.35. The Morgan fingerprint density at radius 3 is 2.65 bits per heavy atom. The van der Waals surface area contributed by atoms with Crippen molar-refractivity contribution in [1.29, 1.82) is 0 Å². The summed E-state index contributed by atoms with van der Waals surface area (Å²) < 4.78 is 38.7. The summed E-state index contributed by atoms with van der Waals surface area (Å²) in [4.78, 5) is 0.242. The van der Waals surface area contributed by atoms with Crippen molar-refractivity contribution in [1.82, 2.24) is 4.31 Å². The van der Waals surface area contributed by atoms with Crippen molar-refractivity contribution in [2.75, 3.05) is 20.2 Å². The van der Waals surface area contributed by atoms with Crippen LogP contribution >= 0.6 is 15.9 Å². The predicted molar refractivity (Wildman–Crippen MR) is 90.3 cm³/mol. The number of likely N-dealkylation sites (N-methyl/N-ethyl adjacent to an activating group) is 1. The molecule has 1 aliphatic heterocycles. The maximum absolute atomic E-state index is 12.6. The molecule has 122 valence electrons. The summed E-state index contributed by atoms with van der Waals surface area (Å²) in [7, 11) is -2.03. The lowest BCUT2D eigenvalue weighted by Gasteiger charge is -2.29. The van der Waals surface area contributed by atoms with Gasteiger partial charge in [-0.1, -0.05) is 34.1 Å². The average molecular weight is 398 g/mol. The number of benzene rings is 2. The normalized spacial score (nSPS) is 17.3. The molecule has 0 amide bonds. The third-order valence-electron chi connectivity index (χ3n) is 3.53. The van der Waals surface area contributed by atoms with E-state index < -0.39 is 10.0 Å². The van der Waals surface area contributed by atoms with E-state index in [1.165, 1.54) is 4.31 Å². The van der Waals surface area contributed by atoms with Gasteiger partial charge in [0.1, 0.15) is 12.7 Å². The van der Waals surface area contributed by atoms with Gasteiger partial charge in [0.25, 0.3) is 0 Å². The topological polar surface area (TPSA) is 55.8 Å². The molecular weight excluding hydrogens is 382 g/mol. The molecule has 1 unspecified atom stereocenters. The van der Waals surface area contributed by atoms with Crippen molar-refractivity contribution in [3.63, 3.8) is 0 Å². The van der Waals surface area contributed by atoms with Crippen LogP contribution in [0.2, 0.25) is 0 Å². The van der Waals surface area contributed by atoms with Crippen LogP contribution in [0, 0.1) is 0 Å². The maximum Gasteiger partial charge on any atom is 0.242 e. The Morgan fingerprint density at radius 1 is 1.17 bits per heavy atom. The molecule has 0 saturated heterocycles. The smallest absolute Gasteiger partial charge is 0.242 e. The Labute approximate surface area is 144 Å². The highest BCUT2D eigenvalue weighted by Crippen LogP contribution is 2.31. The molecular formula is C16H16BrNO4S. The number of rotatable bonds is 4. The largest absolute Gasteiger partial charge is 0.486 e. The monoisotopic (exact) mass is 397 g/mol. The first-order valence-electron chi connectivity index (χ1n) is 7.07. The molecule has 0 N–H and O–H groups in total. The Bertz CT molecular complexity index is 809. The highest BCUT2D eigenvalue weighted by molar-refractivity contribution is 9.10. The Kier molecular flexibility index (Phi) is 4.61. The minimum atomic E-state index is -3.57. The van der Waals surface area contributed by atoms with Crippen LogP contribution < -0.4 is 9.47 Å². The van der Waals surface area contributed by atoms with Crippen molar-refractivity contribution in [3.8, 4) is 11.5 Å². The quantitative estimate of drug-likeness (QED) is 0.795. The first-order valence-corrected chi connectivity index (χ1v) is 9.30. The van der Waals surface area contributed by atoms with Gasteiger partial charge < -0.3 is 9.47 Å². The minimum Gasteiger partial charge on any atom is -0.486 e. The summed E-state index contributed by atoms with van der Waals surface area (Å²) in [5.41, 5.74) is 0. The molecule has 0 fully saturated rings.